The minimum atomic E-state index is -0.944. The zero-order chi connectivity index (χ0) is 13.4. The molecule has 0 spiro atoms. The first-order valence-corrected chi connectivity index (χ1v) is 5.25. The summed E-state index contributed by atoms with van der Waals surface area (Å²) in [6, 6.07) is 0. The minimum Gasteiger partial charge on any atom is -0.426 e. The second kappa shape index (κ2) is 7.78. The second-order valence-electron chi connectivity index (χ2n) is 3.69. The van der Waals surface area contributed by atoms with Crippen LogP contribution in [0.1, 0.15) is 27.2 Å². The number of carbonyl (C=O) groups is 3. The van der Waals surface area contributed by atoms with Crippen molar-refractivity contribution in [1.82, 2.24) is 0 Å². The van der Waals surface area contributed by atoms with Crippen LogP contribution in [-0.4, -0.2) is 37.7 Å². The number of hydrogen-bond donors (Lipinski definition) is 0. The van der Waals surface area contributed by atoms with Crippen LogP contribution in [0.25, 0.3) is 0 Å². The molecule has 0 aromatic heterocycles. The van der Waals surface area contributed by atoms with Crippen molar-refractivity contribution in [2.45, 2.75) is 33.5 Å². The molecular formula is C11H18O6. The van der Waals surface area contributed by atoms with Crippen molar-refractivity contribution in [3.8, 4) is 0 Å². The van der Waals surface area contributed by atoms with Crippen LogP contribution in [-0.2, 0) is 28.6 Å². The number of methoxy groups -OCH3 is 1. The molecule has 0 bridgehead atoms. The first-order valence-electron chi connectivity index (χ1n) is 5.25. The Morgan fingerprint density at radius 2 is 1.71 bits per heavy atom. The maximum Gasteiger partial charge on any atom is 0.312 e. The predicted molar refractivity (Wildman–Crippen MR) is 58.0 cm³/mol. The molecular weight excluding hydrogens is 228 g/mol. The Labute approximate surface area is 100 Å². The Morgan fingerprint density at radius 3 is 2.18 bits per heavy atom. The number of hydrogen-bond acceptors (Lipinski definition) is 6. The normalized spacial score (nSPS) is 13.6. The average Bonchev–Trinajstić information content (AvgIpc) is 2.15. The summed E-state index contributed by atoms with van der Waals surface area (Å²) < 4.78 is 14.1. The summed E-state index contributed by atoms with van der Waals surface area (Å²) in [5.41, 5.74) is 0. The largest absolute Gasteiger partial charge is 0.426 e. The Balaban J connectivity index is 4.04. The third-order valence-corrected chi connectivity index (χ3v) is 1.86. The third kappa shape index (κ3) is 7.46. The molecule has 0 amide bonds. The van der Waals surface area contributed by atoms with Crippen LogP contribution in [0.2, 0.25) is 0 Å². The Bertz CT molecular complexity index is 286. The van der Waals surface area contributed by atoms with Gasteiger partial charge in [0, 0.05) is 27.4 Å². The van der Waals surface area contributed by atoms with Crippen LogP contribution in [0.15, 0.2) is 0 Å². The number of carbonyl (C=O) groups excluding carboxylic acids is 3. The first kappa shape index (κ1) is 15.6. The molecule has 17 heavy (non-hydrogen) atoms. The summed E-state index contributed by atoms with van der Waals surface area (Å²) in [6.07, 6.45) is -0.903. The lowest BCUT2D eigenvalue weighted by Gasteiger charge is -2.15. The first-order chi connectivity index (χ1) is 7.86. The van der Waals surface area contributed by atoms with E-state index in [4.69, 9.17) is 4.74 Å². The van der Waals surface area contributed by atoms with Crippen molar-refractivity contribution in [3.63, 3.8) is 0 Å². The maximum absolute atomic E-state index is 11.5. The van der Waals surface area contributed by atoms with Gasteiger partial charge in [-0.05, 0) is 0 Å². The van der Waals surface area contributed by atoms with E-state index in [0.29, 0.717) is 0 Å². The van der Waals surface area contributed by atoms with Gasteiger partial charge in [-0.3, -0.25) is 14.4 Å². The van der Waals surface area contributed by atoms with Crippen LogP contribution in [0.4, 0.5) is 0 Å². The van der Waals surface area contributed by atoms with E-state index in [9.17, 15) is 14.4 Å². The Morgan fingerprint density at radius 1 is 1.12 bits per heavy atom. The zero-order valence-corrected chi connectivity index (χ0v) is 10.5. The highest BCUT2D eigenvalue weighted by Gasteiger charge is 2.21. The summed E-state index contributed by atoms with van der Waals surface area (Å²) in [4.78, 5) is 33.3. The Kier molecular flexibility index (Phi) is 7.13. The SMILES string of the molecule is COCC(=O)CC(C)C(=O)OC(C)OC(C)=O. The van der Waals surface area contributed by atoms with Gasteiger partial charge in [-0.15, -0.1) is 0 Å². The molecule has 0 aliphatic heterocycles. The molecule has 0 heterocycles. The van der Waals surface area contributed by atoms with Crippen LogP contribution in [0.5, 0.6) is 0 Å². The van der Waals surface area contributed by atoms with E-state index in [-0.39, 0.29) is 18.8 Å². The molecule has 0 aliphatic rings. The number of rotatable bonds is 7. The van der Waals surface area contributed by atoms with Crippen LogP contribution in [0.3, 0.4) is 0 Å². The number of Topliss-reactive ketones (excluding diaryl/α,β-unsaturated/α-hetero) is 1. The van der Waals surface area contributed by atoms with E-state index in [1.165, 1.54) is 21.0 Å². The van der Waals surface area contributed by atoms with Gasteiger partial charge in [0.1, 0.15) is 6.61 Å². The molecule has 2 unspecified atom stereocenters. The van der Waals surface area contributed by atoms with Gasteiger partial charge >= 0.3 is 11.9 Å². The molecule has 6 nitrogen and oxygen atoms in total. The fraction of sp³-hybridized carbons (Fsp3) is 0.727. The molecule has 0 radical (unpaired) electrons. The van der Waals surface area contributed by atoms with Crippen molar-refractivity contribution in [1.29, 1.82) is 0 Å². The average molecular weight is 246 g/mol. The van der Waals surface area contributed by atoms with Crippen LogP contribution >= 0.6 is 0 Å². The highest BCUT2D eigenvalue weighted by Crippen LogP contribution is 2.08. The summed E-state index contributed by atoms with van der Waals surface area (Å²) in [5, 5.41) is 0. The van der Waals surface area contributed by atoms with Crippen LogP contribution < -0.4 is 0 Å². The molecule has 0 aromatic carbocycles. The molecule has 0 saturated carbocycles. The van der Waals surface area contributed by atoms with Gasteiger partial charge in [-0.25, -0.2) is 0 Å². The maximum atomic E-state index is 11.5. The van der Waals surface area contributed by atoms with Crippen molar-refractivity contribution < 1.29 is 28.6 Å². The van der Waals surface area contributed by atoms with Crippen molar-refractivity contribution >= 4 is 17.7 Å². The number of ketones is 1. The summed E-state index contributed by atoms with van der Waals surface area (Å²) >= 11 is 0. The molecule has 0 aliphatic carbocycles. The minimum absolute atomic E-state index is 0.0306. The highest BCUT2D eigenvalue weighted by atomic mass is 16.7. The third-order valence-electron chi connectivity index (χ3n) is 1.86. The zero-order valence-electron chi connectivity index (χ0n) is 10.5. The van der Waals surface area contributed by atoms with Gasteiger partial charge in [0.2, 0.25) is 6.29 Å². The molecule has 2 atom stereocenters. The fourth-order valence-corrected chi connectivity index (χ4v) is 1.18. The molecule has 0 N–H and O–H groups in total. The fourth-order valence-electron chi connectivity index (χ4n) is 1.18. The predicted octanol–water partition coefficient (Wildman–Crippen LogP) is 0.680. The van der Waals surface area contributed by atoms with Gasteiger partial charge < -0.3 is 14.2 Å². The smallest absolute Gasteiger partial charge is 0.312 e. The van der Waals surface area contributed by atoms with Crippen LogP contribution in [0, 0.1) is 5.92 Å². The second-order valence-corrected chi connectivity index (χ2v) is 3.69. The lowest BCUT2D eigenvalue weighted by Crippen LogP contribution is -2.26. The van der Waals surface area contributed by atoms with E-state index < -0.39 is 24.1 Å². The molecule has 0 fully saturated rings. The molecule has 0 rings (SSSR count). The molecule has 6 heteroatoms. The lowest BCUT2D eigenvalue weighted by molar-refractivity contribution is -0.186. The summed E-state index contributed by atoms with van der Waals surface area (Å²) in [5.74, 6) is -1.88. The van der Waals surface area contributed by atoms with E-state index in [0.717, 1.165) is 0 Å². The van der Waals surface area contributed by atoms with Gasteiger partial charge in [0.25, 0.3) is 0 Å². The number of esters is 2. The van der Waals surface area contributed by atoms with Gasteiger partial charge in [0.05, 0.1) is 5.92 Å². The van der Waals surface area contributed by atoms with Crippen molar-refractivity contribution in [3.05, 3.63) is 0 Å². The highest BCUT2D eigenvalue weighted by molar-refractivity contribution is 5.85. The van der Waals surface area contributed by atoms with E-state index in [1.54, 1.807) is 6.92 Å². The van der Waals surface area contributed by atoms with Gasteiger partial charge in [-0.2, -0.15) is 0 Å². The monoisotopic (exact) mass is 246 g/mol. The molecule has 0 aromatic rings. The quantitative estimate of drug-likeness (QED) is 0.485. The van der Waals surface area contributed by atoms with E-state index >= 15 is 0 Å². The van der Waals surface area contributed by atoms with Gasteiger partial charge in [-0.1, -0.05) is 6.92 Å². The number of ether oxygens (including phenoxy) is 3. The summed E-state index contributed by atoms with van der Waals surface area (Å²) in [6.45, 7) is 4.19. The molecule has 0 saturated heterocycles. The molecule has 98 valence electrons. The topological polar surface area (TPSA) is 78.9 Å². The van der Waals surface area contributed by atoms with Gasteiger partial charge in [0.15, 0.2) is 5.78 Å². The Hall–Kier alpha value is -1.43. The lowest BCUT2D eigenvalue weighted by atomic mass is 10.1. The van der Waals surface area contributed by atoms with E-state index in [2.05, 4.69) is 9.47 Å². The summed E-state index contributed by atoms with van der Waals surface area (Å²) in [7, 11) is 1.41. The van der Waals surface area contributed by atoms with Crippen molar-refractivity contribution in [2.24, 2.45) is 5.92 Å². The van der Waals surface area contributed by atoms with Crippen molar-refractivity contribution in [2.75, 3.05) is 13.7 Å². The standard InChI is InChI=1S/C11H18O6/c1-7(5-10(13)6-15-4)11(14)17-9(3)16-8(2)12/h7,9H,5-6H2,1-4H3. The van der Waals surface area contributed by atoms with E-state index in [1.807, 2.05) is 0 Å².